The van der Waals surface area contributed by atoms with E-state index in [-0.39, 0.29) is 24.1 Å². The number of carbonyl (C=O) groups excluding carboxylic acids is 2. The van der Waals surface area contributed by atoms with Crippen molar-refractivity contribution in [2.45, 2.75) is 58.3 Å². The number of ether oxygens (including phenoxy) is 2. The molecule has 6 heteroatoms. The number of nitrogens with zero attached hydrogens (tertiary/aromatic N) is 2. The van der Waals surface area contributed by atoms with Crippen molar-refractivity contribution in [3.05, 3.63) is 0 Å². The molecule has 2 atom stereocenters. The van der Waals surface area contributed by atoms with Gasteiger partial charge in [-0.2, -0.15) is 0 Å². The average Bonchev–Trinajstić information content (AvgIpc) is 2.85. The maximum Gasteiger partial charge on any atom is 0.410 e. The zero-order valence-electron chi connectivity index (χ0n) is 13.4. The van der Waals surface area contributed by atoms with Crippen LogP contribution in [0.15, 0.2) is 0 Å². The van der Waals surface area contributed by atoms with Crippen molar-refractivity contribution in [3.8, 4) is 0 Å². The topological polar surface area (TPSA) is 59.1 Å². The molecule has 0 spiro atoms. The highest BCUT2D eigenvalue weighted by atomic mass is 16.6. The lowest BCUT2D eigenvalue weighted by Gasteiger charge is -2.35. The molecule has 2 aliphatic rings. The van der Waals surface area contributed by atoms with Crippen LogP contribution < -0.4 is 0 Å². The Kier molecular flexibility index (Phi) is 4.76. The van der Waals surface area contributed by atoms with Gasteiger partial charge in [0.15, 0.2) is 0 Å². The number of likely N-dealkylation sites (tertiary alicyclic amines) is 1. The molecule has 0 saturated carbocycles. The molecule has 2 amide bonds. The molecule has 0 aromatic carbocycles. The lowest BCUT2D eigenvalue weighted by Crippen LogP contribution is -2.53. The van der Waals surface area contributed by atoms with E-state index in [0.717, 1.165) is 6.42 Å². The van der Waals surface area contributed by atoms with E-state index in [9.17, 15) is 9.59 Å². The molecule has 0 aromatic heterocycles. The van der Waals surface area contributed by atoms with E-state index in [1.165, 1.54) is 0 Å². The van der Waals surface area contributed by atoms with E-state index >= 15 is 0 Å². The van der Waals surface area contributed by atoms with Crippen molar-refractivity contribution in [1.29, 1.82) is 0 Å². The number of morpholine rings is 1. The Morgan fingerprint density at radius 2 is 1.95 bits per heavy atom. The summed E-state index contributed by atoms with van der Waals surface area (Å²) in [6.07, 6.45) is 1.22. The second-order valence-corrected chi connectivity index (χ2v) is 6.80. The van der Waals surface area contributed by atoms with E-state index < -0.39 is 5.60 Å². The number of hydrogen-bond donors (Lipinski definition) is 0. The molecule has 2 unspecified atom stereocenters. The van der Waals surface area contributed by atoms with Crippen molar-refractivity contribution < 1.29 is 19.1 Å². The third-order valence-corrected chi connectivity index (χ3v) is 3.72. The molecule has 2 rings (SSSR count). The molecule has 21 heavy (non-hydrogen) atoms. The van der Waals surface area contributed by atoms with Crippen molar-refractivity contribution in [2.75, 3.05) is 26.2 Å². The highest BCUT2D eigenvalue weighted by molar-refractivity contribution is 5.86. The Morgan fingerprint density at radius 3 is 2.57 bits per heavy atom. The molecule has 120 valence electrons. The summed E-state index contributed by atoms with van der Waals surface area (Å²) in [5.74, 6) is 0.0218. The monoisotopic (exact) mass is 298 g/mol. The molecular weight excluding hydrogens is 272 g/mol. The third kappa shape index (κ3) is 4.09. The summed E-state index contributed by atoms with van der Waals surface area (Å²) in [7, 11) is 0. The van der Waals surface area contributed by atoms with Gasteiger partial charge in [0.05, 0.1) is 12.7 Å². The van der Waals surface area contributed by atoms with Gasteiger partial charge in [0, 0.05) is 19.6 Å². The number of amides is 2. The first-order valence-corrected chi connectivity index (χ1v) is 7.68. The van der Waals surface area contributed by atoms with Gasteiger partial charge in [0.25, 0.3) is 0 Å². The molecule has 2 heterocycles. The summed E-state index contributed by atoms with van der Waals surface area (Å²) in [5.41, 5.74) is -0.541. The molecular formula is C15H26N2O4. The van der Waals surface area contributed by atoms with E-state index in [2.05, 4.69) is 0 Å². The van der Waals surface area contributed by atoms with Gasteiger partial charge in [-0.05, 0) is 40.5 Å². The van der Waals surface area contributed by atoms with Gasteiger partial charge >= 0.3 is 6.09 Å². The normalized spacial score (nSPS) is 26.9. The Bertz CT molecular complexity index is 405. The first-order valence-electron chi connectivity index (χ1n) is 7.68. The van der Waals surface area contributed by atoms with Crippen LogP contribution in [-0.2, 0) is 14.3 Å². The first-order chi connectivity index (χ1) is 9.78. The zero-order valence-corrected chi connectivity index (χ0v) is 13.4. The zero-order chi connectivity index (χ0) is 15.6. The van der Waals surface area contributed by atoms with Crippen molar-refractivity contribution >= 4 is 12.0 Å². The fourth-order valence-electron chi connectivity index (χ4n) is 2.79. The Hall–Kier alpha value is -1.30. The van der Waals surface area contributed by atoms with Gasteiger partial charge in [-0.1, -0.05) is 0 Å². The average molecular weight is 298 g/mol. The van der Waals surface area contributed by atoms with Crippen LogP contribution in [0.25, 0.3) is 0 Å². The second-order valence-electron chi connectivity index (χ2n) is 6.80. The Balaban J connectivity index is 2.00. The predicted molar refractivity (Wildman–Crippen MR) is 78.0 cm³/mol. The summed E-state index contributed by atoms with van der Waals surface area (Å²) < 4.78 is 10.9. The van der Waals surface area contributed by atoms with Gasteiger partial charge in [-0.3, -0.25) is 9.69 Å². The molecule has 0 radical (unpaired) electrons. The molecule has 2 aliphatic heterocycles. The van der Waals surface area contributed by atoms with Crippen molar-refractivity contribution in [3.63, 3.8) is 0 Å². The fourth-order valence-corrected chi connectivity index (χ4v) is 2.79. The second kappa shape index (κ2) is 6.22. The summed E-state index contributed by atoms with van der Waals surface area (Å²) in [4.78, 5) is 28.3. The van der Waals surface area contributed by atoms with Gasteiger partial charge < -0.3 is 14.4 Å². The van der Waals surface area contributed by atoms with Crippen LogP contribution in [0.4, 0.5) is 4.79 Å². The minimum absolute atomic E-state index is 0.0218. The van der Waals surface area contributed by atoms with Crippen LogP contribution in [0.3, 0.4) is 0 Å². The predicted octanol–water partition coefficient (Wildman–Crippen LogP) is 1.63. The van der Waals surface area contributed by atoms with E-state index in [1.807, 2.05) is 32.6 Å². The largest absolute Gasteiger partial charge is 0.444 e. The standard InChI is InChI=1S/C15H26N2O4/c1-11-10-16(8-9-20-11)13(18)12-6-5-7-17(12)14(19)21-15(2,3)4/h11-12H,5-10H2,1-4H3. The van der Waals surface area contributed by atoms with Crippen LogP contribution in [0.2, 0.25) is 0 Å². The molecule has 2 saturated heterocycles. The number of hydrogen-bond acceptors (Lipinski definition) is 4. The van der Waals surface area contributed by atoms with Gasteiger partial charge in [-0.25, -0.2) is 4.79 Å². The Morgan fingerprint density at radius 1 is 1.24 bits per heavy atom. The maximum absolute atomic E-state index is 12.6. The molecule has 6 nitrogen and oxygen atoms in total. The minimum Gasteiger partial charge on any atom is -0.444 e. The fraction of sp³-hybridized carbons (Fsp3) is 0.867. The third-order valence-electron chi connectivity index (χ3n) is 3.72. The first kappa shape index (κ1) is 16.1. The lowest BCUT2D eigenvalue weighted by atomic mass is 10.1. The van der Waals surface area contributed by atoms with Gasteiger partial charge in [0.2, 0.25) is 5.91 Å². The molecule has 2 fully saturated rings. The van der Waals surface area contributed by atoms with Crippen molar-refractivity contribution in [1.82, 2.24) is 9.80 Å². The summed E-state index contributed by atoms with van der Waals surface area (Å²) in [6.45, 7) is 9.81. The quantitative estimate of drug-likeness (QED) is 0.738. The van der Waals surface area contributed by atoms with E-state index in [4.69, 9.17) is 9.47 Å². The lowest BCUT2D eigenvalue weighted by molar-refractivity contribution is -0.142. The highest BCUT2D eigenvalue weighted by Gasteiger charge is 2.39. The van der Waals surface area contributed by atoms with Crippen LogP contribution in [0.1, 0.15) is 40.5 Å². The van der Waals surface area contributed by atoms with E-state index in [0.29, 0.717) is 32.7 Å². The highest BCUT2D eigenvalue weighted by Crippen LogP contribution is 2.23. The molecule has 0 N–H and O–H groups in total. The van der Waals surface area contributed by atoms with E-state index in [1.54, 1.807) is 4.90 Å². The van der Waals surface area contributed by atoms with Crippen LogP contribution in [0.5, 0.6) is 0 Å². The molecule has 0 aliphatic carbocycles. The van der Waals surface area contributed by atoms with Gasteiger partial charge in [-0.15, -0.1) is 0 Å². The summed E-state index contributed by atoms with van der Waals surface area (Å²) in [6, 6.07) is -0.384. The smallest absolute Gasteiger partial charge is 0.410 e. The molecule has 0 bridgehead atoms. The van der Waals surface area contributed by atoms with Crippen LogP contribution >= 0.6 is 0 Å². The van der Waals surface area contributed by atoms with Gasteiger partial charge in [0.1, 0.15) is 11.6 Å². The molecule has 0 aromatic rings. The maximum atomic E-state index is 12.6. The van der Waals surface area contributed by atoms with Crippen molar-refractivity contribution in [2.24, 2.45) is 0 Å². The summed E-state index contributed by atoms with van der Waals surface area (Å²) >= 11 is 0. The summed E-state index contributed by atoms with van der Waals surface area (Å²) in [5, 5.41) is 0. The minimum atomic E-state index is -0.541. The Labute approximate surface area is 126 Å². The SMILES string of the molecule is CC1CN(C(=O)C2CCCN2C(=O)OC(C)(C)C)CCO1. The van der Waals surface area contributed by atoms with Crippen LogP contribution in [0, 0.1) is 0 Å². The van der Waals surface area contributed by atoms with Crippen LogP contribution in [-0.4, -0.2) is 65.8 Å². The number of carbonyl (C=O) groups is 2. The number of rotatable bonds is 1.